The third-order valence-electron chi connectivity index (χ3n) is 2.26. The van der Waals surface area contributed by atoms with E-state index in [1.54, 1.807) is 0 Å². The minimum absolute atomic E-state index is 0.700. The average molecular weight is 276 g/mol. The van der Waals surface area contributed by atoms with Crippen molar-refractivity contribution in [2.24, 2.45) is 0 Å². The molecule has 0 atom stereocenters. The number of hydrogen-bond donors (Lipinski definition) is 0. The Balaban J connectivity index is 1.82. The summed E-state index contributed by atoms with van der Waals surface area (Å²) < 4.78 is 6.72. The van der Waals surface area contributed by atoms with Crippen LogP contribution in [-0.2, 0) is 6.42 Å². The quantitative estimate of drug-likeness (QED) is 0.823. The molecule has 0 bridgehead atoms. The van der Waals surface area contributed by atoms with Crippen LogP contribution in [0.25, 0.3) is 0 Å². The molecule has 0 aromatic heterocycles. The van der Waals surface area contributed by atoms with Gasteiger partial charge in [0.05, 0.1) is 6.61 Å². The summed E-state index contributed by atoms with van der Waals surface area (Å²) in [5.74, 6) is 0.899. The Morgan fingerprint density at radius 3 is 2.38 bits per heavy atom. The first-order valence-corrected chi connectivity index (χ1v) is 5.97. The SMILES string of the molecule is Brc1ccc(CCOc2cc[c]cc2)cc1. The Bertz CT molecular complexity index is 422. The molecule has 0 aliphatic rings. The van der Waals surface area contributed by atoms with Crippen LogP contribution in [0.4, 0.5) is 0 Å². The van der Waals surface area contributed by atoms with E-state index in [0.29, 0.717) is 6.61 Å². The zero-order valence-electron chi connectivity index (χ0n) is 8.82. The van der Waals surface area contributed by atoms with E-state index in [9.17, 15) is 0 Å². The van der Waals surface area contributed by atoms with Gasteiger partial charge in [0.1, 0.15) is 5.75 Å². The Morgan fingerprint density at radius 2 is 1.69 bits per heavy atom. The summed E-state index contributed by atoms with van der Waals surface area (Å²) >= 11 is 3.42. The molecule has 0 aliphatic carbocycles. The summed E-state index contributed by atoms with van der Waals surface area (Å²) in [6, 6.07) is 18.8. The van der Waals surface area contributed by atoms with Gasteiger partial charge in [-0.3, -0.25) is 0 Å². The molecule has 2 aromatic rings. The standard InChI is InChI=1S/C14H12BrO/c15-13-8-6-12(7-9-13)10-11-16-14-4-2-1-3-5-14/h2-9H,10-11H2. The summed E-state index contributed by atoms with van der Waals surface area (Å²) in [7, 11) is 0. The first-order valence-electron chi connectivity index (χ1n) is 5.18. The maximum atomic E-state index is 5.61. The van der Waals surface area contributed by atoms with Gasteiger partial charge in [0.25, 0.3) is 0 Å². The molecule has 16 heavy (non-hydrogen) atoms. The van der Waals surface area contributed by atoms with Crippen LogP contribution in [0.2, 0.25) is 0 Å². The zero-order valence-corrected chi connectivity index (χ0v) is 10.4. The molecular formula is C14H12BrO. The van der Waals surface area contributed by atoms with Gasteiger partial charge in [-0.2, -0.15) is 0 Å². The second-order valence-electron chi connectivity index (χ2n) is 3.46. The fourth-order valence-corrected chi connectivity index (χ4v) is 1.67. The zero-order chi connectivity index (χ0) is 11.2. The molecule has 0 fully saturated rings. The highest BCUT2D eigenvalue weighted by atomic mass is 79.9. The van der Waals surface area contributed by atoms with Crippen molar-refractivity contribution in [3.05, 3.63) is 64.6 Å². The van der Waals surface area contributed by atoms with Gasteiger partial charge >= 0.3 is 0 Å². The van der Waals surface area contributed by atoms with Crippen LogP contribution in [-0.4, -0.2) is 6.61 Å². The molecule has 0 aliphatic heterocycles. The van der Waals surface area contributed by atoms with Crippen molar-refractivity contribution in [3.8, 4) is 5.75 Å². The molecule has 0 N–H and O–H groups in total. The summed E-state index contributed by atoms with van der Waals surface area (Å²) in [4.78, 5) is 0. The smallest absolute Gasteiger partial charge is 0.119 e. The van der Waals surface area contributed by atoms with Crippen LogP contribution >= 0.6 is 15.9 Å². The Kier molecular flexibility index (Phi) is 4.00. The molecule has 0 amide bonds. The normalized spacial score (nSPS) is 10.1. The molecule has 2 heteroatoms. The highest BCUT2D eigenvalue weighted by Crippen LogP contribution is 2.12. The number of ether oxygens (including phenoxy) is 1. The fourth-order valence-electron chi connectivity index (χ4n) is 1.41. The second-order valence-corrected chi connectivity index (χ2v) is 4.38. The van der Waals surface area contributed by atoms with Crippen LogP contribution in [0.3, 0.4) is 0 Å². The molecule has 2 aromatic carbocycles. The van der Waals surface area contributed by atoms with Crippen LogP contribution in [0.15, 0.2) is 53.0 Å². The molecule has 0 saturated carbocycles. The van der Waals surface area contributed by atoms with Crippen LogP contribution < -0.4 is 4.74 Å². The van der Waals surface area contributed by atoms with Gasteiger partial charge in [0.2, 0.25) is 0 Å². The van der Waals surface area contributed by atoms with E-state index in [-0.39, 0.29) is 0 Å². The van der Waals surface area contributed by atoms with E-state index < -0.39 is 0 Å². The monoisotopic (exact) mass is 275 g/mol. The Morgan fingerprint density at radius 1 is 1.00 bits per heavy atom. The van der Waals surface area contributed by atoms with Gasteiger partial charge in [-0.1, -0.05) is 40.2 Å². The van der Waals surface area contributed by atoms with Crippen LogP contribution in [0, 0.1) is 6.07 Å². The number of rotatable bonds is 4. The largest absolute Gasteiger partial charge is 0.493 e. The number of halogens is 1. The van der Waals surface area contributed by atoms with E-state index in [2.05, 4.69) is 34.1 Å². The maximum Gasteiger partial charge on any atom is 0.119 e. The summed E-state index contributed by atoms with van der Waals surface area (Å²) in [6.07, 6.45) is 0.923. The predicted molar refractivity (Wildman–Crippen MR) is 68.6 cm³/mol. The number of hydrogen-bond acceptors (Lipinski definition) is 1. The molecular weight excluding hydrogens is 264 g/mol. The molecule has 1 nitrogen and oxygen atoms in total. The lowest BCUT2D eigenvalue weighted by Gasteiger charge is -2.05. The van der Waals surface area contributed by atoms with Crippen molar-refractivity contribution in [2.75, 3.05) is 6.61 Å². The minimum atomic E-state index is 0.700. The molecule has 81 valence electrons. The molecule has 0 heterocycles. The van der Waals surface area contributed by atoms with Gasteiger partial charge in [0.15, 0.2) is 0 Å². The molecule has 1 radical (unpaired) electrons. The Hall–Kier alpha value is -1.28. The van der Waals surface area contributed by atoms with Crippen molar-refractivity contribution < 1.29 is 4.74 Å². The molecule has 0 spiro atoms. The van der Waals surface area contributed by atoms with E-state index in [0.717, 1.165) is 16.6 Å². The maximum absolute atomic E-state index is 5.61. The van der Waals surface area contributed by atoms with E-state index in [1.165, 1.54) is 5.56 Å². The third-order valence-corrected chi connectivity index (χ3v) is 2.79. The topological polar surface area (TPSA) is 9.23 Å². The van der Waals surface area contributed by atoms with Gasteiger partial charge in [-0.05, 0) is 35.9 Å². The van der Waals surface area contributed by atoms with Gasteiger partial charge in [0, 0.05) is 10.9 Å². The predicted octanol–water partition coefficient (Wildman–Crippen LogP) is 3.87. The summed E-state index contributed by atoms with van der Waals surface area (Å²) in [6.45, 7) is 0.700. The van der Waals surface area contributed by atoms with Crippen molar-refractivity contribution in [1.82, 2.24) is 0 Å². The third kappa shape index (κ3) is 3.38. The second kappa shape index (κ2) is 5.71. The lowest BCUT2D eigenvalue weighted by atomic mass is 10.2. The van der Waals surface area contributed by atoms with Crippen molar-refractivity contribution in [2.45, 2.75) is 6.42 Å². The summed E-state index contributed by atoms with van der Waals surface area (Å²) in [5.41, 5.74) is 1.28. The van der Waals surface area contributed by atoms with E-state index in [4.69, 9.17) is 4.74 Å². The van der Waals surface area contributed by atoms with Crippen LogP contribution in [0.1, 0.15) is 5.56 Å². The first-order chi connectivity index (χ1) is 7.84. The molecule has 0 unspecified atom stereocenters. The minimum Gasteiger partial charge on any atom is -0.493 e. The molecule has 2 rings (SSSR count). The van der Waals surface area contributed by atoms with Crippen LogP contribution in [0.5, 0.6) is 5.75 Å². The highest BCUT2D eigenvalue weighted by molar-refractivity contribution is 9.10. The Labute approximate surface area is 104 Å². The summed E-state index contributed by atoms with van der Waals surface area (Å²) in [5, 5.41) is 0. The molecule has 0 saturated heterocycles. The van der Waals surface area contributed by atoms with Gasteiger partial charge in [-0.25, -0.2) is 0 Å². The van der Waals surface area contributed by atoms with E-state index in [1.807, 2.05) is 36.4 Å². The average Bonchev–Trinajstić information content (AvgIpc) is 2.33. The number of benzene rings is 2. The lowest BCUT2D eigenvalue weighted by Crippen LogP contribution is -2.00. The lowest BCUT2D eigenvalue weighted by molar-refractivity contribution is 0.322. The van der Waals surface area contributed by atoms with Crippen molar-refractivity contribution >= 4 is 15.9 Å². The van der Waals surface area contributed by atoms with Gasteiger partial charge < -0.3 is 4.74 Å². The van der Waals surface area contributed by atoms with Gasteiger partial charge in [-0.15, -0.1) is 0 Å². The fraction of sp³-hybridized carbons (Fsp3) is 0.143. The van der Waals surface area contributed by atoms with Crippen molar-refractivity contribution in [3.63, 3.8) is 0 Å². The first kappa shape index (κ1) is 11.2. The van der Waals surface area contributed by atoms with Crippen molar-refractivity contribution in [1.29, 1.82) is 0 Å². The van der Waals surface area contributed by atoms with E-state index >= 15 is 0 Å². The highest BCUT2D eigenvalue weighted by Gasteiger charge is 1.95.